The average Bonchev–Trinajstić information content (AvgIpc) is 2.91. The number of rotatable bonds is 9. The number of carbonyl (C=O) groups is 1. The number of amides is 1. The van der Waals surface area contributed by atoms with Crippen LogP contribution in [-0.2, 0) is 21.4 Å². The molecule has 0 aliphatic heterocycles. The zero-order valence-electron chi connectivity index (χ0n) is 19.9. The summed E-state index contributed by atoms with van der Waals surface area (Å²) in [4.78, 5) is 16.8. The molecule has 0 bridgehead atoms. The Labute approximate surface area is 192 Å². The highest BCUT2D eigenvalue weighted by atomic mass is 32.2. The van der Waals surface area contributed by atoms with E-state index >= 15 is 0 Å². The van der Waals surface area contributed by atoms with Gasteiger partial charge in [0.15, 0.2) is 0 Å². The third-order valence-electron chi connectivity index (χ3n) is 7.66. The van der Waals surface area contributed by atoms with Gasteiger partial charge in [0, 0.05) is 31.4 Å². The molecule has 3 N–H and O–H groups in total. The summed E-state index contributed by atoms with van der Waals surface area (Å²) in [5.41, 5.74) is -0.280. The molecule has 2 aliphatic carbocycles. The predicted molar refractivity (Wildman–Crippen MR) is 125 cm³/mol. The molecular formula is C24H39N3O4S. The van der Waals surface area contributed by atoms with Gasteiger partial charge < -0.3 is 10.4 Å². The second-order valence-electron chi connectivity index (χ2n) is 10.8. The van der Waals surface area contributed by atoms with Crippen molar-refractivity contribution < 1.29 is 18.3 Å². The molecule has 2 fully saturated rings. The number of aromatic nitrogens is 1. The highest BCUT2D eigenvalue weighted by Crippen LogP contribution is 2.64. The molecule has 1 amide bonds. The molecule has 0 spiro atoms. The van der Waals surface area contributed by atoms with Crippen LogP contribution in [0.1, 0.15) is 78.2 Å². The number of fused-ring (bicyclic) bond motifs is 1. The zero-order chi connectivity index (χ0) is 23.6. The van der Waals surface area contributed by atoms with E-state index in [1.54, 1.807) is 12.4 Å². The molecule has 0 saturated heterocycles. The molecule has 3 rings (SSSR count). The van der Waals surface area contributed by atoms with Crippen LogP contribution in [0.2, 0.25) is 0 Å². The fourth-order valence-electron chi connectivity index (χ4n) is 6.08. The van der Waals surface area contributed by atoms with Crippen molar-refractivity contribution in [3.05, 3.63) is 30.1 Å². The van der Waals surface area contributed by atoms with E-state index in [0.29, 0.717) is 51.5 Å². The Morgan fingerprint density at radius 1 is 1.25 bits per heavy atom. The second-order valence-corrected chi connectivity index (χ2v) is 12.7. The van der Waals surface area contributed by atoms with Crippen LogP contribution < -0.4 is 10.0 Å². The van der Waals surface area contributed by atoms with Crippen LogP contribution in [0.3, 0.4) is 0 Å². The molecule has 4 atom stereocenters. The Hall–Kier alpha value is -1.51. The van der Waals surface area contributed by atoms with E-state index in [-0.39, 0.29) is 34.4 Å². The lowest BCUT2D eigenvalue weighted by atomic mass is 9.57. The first-order valence-electron chi connectivity index (χ1n) is 11.8. The molecular weight excluding hydrogens is 426 g/mol. The molecule has 7 nitrogen and oxygen atoms in total. The number of hydrogen-bond donors (Lipinski definition) is 3. The maximum atomic E-state index is 12.7. The van der Waals surface area contributed by atoms with Crippen LogP contribution >= 0.6 is 0 Å². The minimum Gasteiger partial charge on any atom is -0.390 e. The molecule has 0 unspecified atom stereocenters. The molecule has 0 aromatic carbocycles. The SMILES string of the molecule is CCCS(=O)(=O)N[C@@H]1CC(C)(C)[C@H]2C[C@@](C)(O)CC[C@@]21CCC(=O)NCc1cccnc1. The summed E-state index contributed by atoms with van der Waals surface area (Å²) in [6.45, 7) is 8.51. The van der Waals surface area contributed by atoms with Gasteiger partial charge in [-0.2, -0.15) is 0 Å². The Kier molecular flexibility index (Phi) is 7.37. The summed E-state index contributed by atoms with van der Waals surface area (Å²) < 4.78 is 28.4. The van der Waals surface area contributed by atoms with Crippen molar-refractivity contribution in [3.63, 3.8) is 0 Å². The predicted octanol–water partition coefficient (Wildman–Crippen LogP) is 3.14. The van der Waals surface area contributed by atoms with Crippen LogP contribution in [0.15, 0.2) is 24.5 Å². The van der Waals surface area contributed by atoms with E-state index in [0.717, 1.165) is 5.56 Å². The van der Waals surface area contributed by atoms with Crippen LogP contribution in [0.5, 0.6) is 0 Å². The molecule has 32 heavy (non-hydrogen) atoms. The Morgan fingerprint density at radius 2 is 2.00 bits per heavy atom. The van der Waals surface area contributed by atoms with Gasteiger partial charge in [0.05, 0.1) is 11.4 Å². The smallest absolute Gasteiger partial charge is 0.220 e. The number of nitrogens with zero attached hydrogens (tertiary/aromatic N) is 1. The molecule has 8 heteroatoms. The first-order chi connectivity index (χ1) is 14.9. The third kappa shape index (κ3) is 5.69. The lowest BCUT2D eigenvalue weighted by Gasteiger charge is -2.50. The van der Waals surface area contributed by atoms with Crippen molar-refractivity contribution in [2.75, 3.05) is 5.75 Å². The molecule has 1 aromatic heterocycles. The Morgan fingerprint density at radius 3 is 2.66 bits per heavy atom. The fourth-order valence-corrected chi connectivity index (χ4v) is 7.49. The van der Waals surface area contributed by atoms with Gasteiger partial charge in [-0.05, 0) is 73.8 Å². The summed E-state index contributed by atoms with van der Waals surface area (Å²) in [6, 6.07) is 3.54. The van der Waals surface area contributed by atoms with E-state index in [1.165, 1.54) is 0 Å². The molecule has 2 aliphatic rings. The van der Waals surface area contributed by atoms with Gasteiger partial charge in [0.2, 0.25) is 15.9 Å². The Bertz CT molecular complexity index is 901. The van der Waals surface area contributed by atoms with Crippen LogP contribution in [0.25, 0.3) is 0 Å². The van der Waals surface area contributed by atoms with E-state index in [9.17, 15) is 18.3 Å². The summed E-state index contributed by atoms with van der Waals surface area (Å²) in [6.07, 6.45) is 7.60. The molecule has 0 radical (unpaired) electrons. The first kappa shape index (κ1) is 25.1. The van der Waals surface area contributed by atoms with Gasteiger partial charge in [0.1, 0.15) is 0 Å². The van der Waals surface area contributed by atoms with Gasteiger partial charge in [-0.15, -0.1) is 0 Å². The quantitative estimate of drug-likeness (QED) is 0.519. The maximum absolute atomic E-state index is 12.7. The van der Waals surface area contributed by atoms with Crippen LogP contribution in [0.4, 0.5) is 0 Å². The highest BCUT2D eigenvalue weighted by Gasteiger charge is 2.61. The summed E-state index contributed by atoms with van der Waals surface area (Å²) in [7, 11) is -3.39. The highest BCUT2D eigenvalue weighted by molar-refractivity contribution is 7.89. The van der Waals surface area contributed by atoms with Gasteiger partial charge in [0.25, 0.3) is 0 Å². The van der Waals surface area contributed by atoms with Gasteiger partial charge in [-0.25, -0.2) is 13.1 Å². The third-order valence-corrected chi connectivity index (χ3v) is 9.25. The van der Waals surface area contributed by atoms with E-state index < -0.39 is 15.6 Å². The monoisotopic (exact) mass is 465 g/mol. The number of pyridine rings is 1. The topological polar surface area (TPSA) is 108 Å². The van der Waals surface area contributed by atoms with E-state index in [2.05, 4.69) is 28.9 Å². The molecule has 1 aromatic rings. The zero-order valence-corrected chi connectivity index (χ0v) is 20.7. The fraction of sp³-hybridized carbons (Fsp3) is 0.750. The van der Waals surface area contributed by atoms with Crippen LogP contribution in [-0.4, -0.2) is 41.8 Å². The number of sulfonamides is 1. The van der Waals surface area contributed by atoms with Crippen molar-refractivity contribution in [2.45, 2.75) is 90.8 Å². The maximum Gasteiger partial charge on any atom is 0.220 e. The number of carbonyl (C=O) groups excluding carboxylic acids is 1. The van der Waals surface area contributed by atoms with Crippen molar-refractivity contribution in [2.24, 2.45) is 16.7 Å². The van der Waals surface area contributed by atoms with E-state index in [4.69, 9.17) is 0 Å². The van der Waals surface area contributed by atoms with Crippen molar-refractivity contribution >= 4 is 15.9 Å². The van der Waals surface area contributed by atoms with Gasteiger partial charge >= 0.3 is 0 Å². The standard InChI is InChI=1S/C24H39N3O4S/c1-5-13-32(30,31)27-20-15-22(2,3)19-14-23(4,29)10-11-24(19,20)9-8-21(28)26-17-18-7-6-12-25-16-18/h6-7,12,16,19-20,27,29H,5,8-11,13-15,17H2,1-4H3,(H,26,28)/t19-,20-,23+,24+/m1/s1. The normalized spacial score (nSPS) is 31.8. The average molecular weight is 466 g/mol. The summed E-state index contributed by atoms with van der Waals surface area (Å²) in [5, 5.41) is 13.8. The molecule has 1 heterocycles. The largest absolute Gasteiger partial charge is 0.390 e. The summed E-state index contributed by atoms with van der Waals surface area (Å²) in [5.74, 6) is 0.201. The minimum absolute atomic E-state index is 0.0424. The van der Waals surface area contributed by atoms with Gasteiger partial charge in [-0.3, -0.25) is 9.78 Å². The minimum atomic E-state index is -3.39. The molecule has 180 valence electrons. The number of hydrogen-bond acceptors (Lipinski definition) is 5. The van der Waals surface area contributed by atoms with Crippen molar-refractivity contribution in [1.29, 1.82) is 0 Å². The second kappa shape index (κ2) is 9.39. The van der Waals surface area contributed by atoms with E-state index in [1.807, 2.05) is 26.0 Å². The Balaban J connectivity index is 1.78. The number of aliphatic hydroxyl groups is 1. The van der Waals surface area contributed by atoms with Crippen molar-refractivity contribution in [1.82, 2.24) is 15.0 Å². The van der Waals surface area contributed by atoms with Crippen molar-refractivity contribution in [3.8, 4) is 0 Å². The van der Waals surface area contributed by atoms with Gasteiger partial charge in [-0.1, -0.05) is 26.8 Å². The van der Waals surface area contributed by atoms with Crippen LogP contribution in [0, 0.1) is 16.7 Å². The summed E-state index contributed by atoms with van der Waals surface area (Å²) >= 11 is 0. The number of nitrogens with one attached hydrogen (secondary N) is 2. The molecule has 2 saturated carbocycles. The lowest BCUT2D eigenvalue weighted by Crippen LogP contribution is -2.53. The first-order valence-corrected chi connectivity index (χ1v) is 13.4. The lowest BCUT2D eigenvalue weighted by molar-refractivity contribution is -0.123.